The van der Waals surface area contributed by atoms with Crippen molar-refractivity contribution < 1.29 is 23.8 Å². The van der Waals surface area contributed by atoms with Crippen molar-refractivity contribution in [3.8, 4) is 0 Å². The Balaban J connectivity index is 1.85. The Morgan fingerprint density at radius 1 is 1.33 bits per heavy atom. The number of rotatable bonds is 7. The minimum atomic E-state index is -0.886. The van der Waals surface area contributed by atoms with E-state index >= 15 is 0 Å². The monoisotopic (exact) mass is 334 g/mol. The van der Waals surface area contributed by atoms with Gasteiger partial charge < -0.3 is 14.2 Å². The SMILES string of the molecule is Cc1ccccc1C(=O)OC1COC(C)(CCC(=O)CC(C)C)O1. The normalized spacial score (nSPS) is 23.5. The number of carbonyl (C=O) groups is 2. The van der Waals surface area contributed by atoms with Crippen molar-refractivity contribution in [3.63, 3.8) is 0 Å². The molecule has 1 aliphatic heterocycles. The Hall–Kier alpha value is -1.72. The van der Waals surface area contributed by atoms with Gasteiger partial charge in [-0.15, -0.1) is 0 Å². The van der Waals surface area contributed by atoms with Crippen LogP contribution in [-0.4, -0.2) is 30.4 Å². The fraction of sp³-hybridized carbons (Fsp3) is 0.579. The molecule has 0 N–H and O–H groups in total. The molecule has 132 valence electrons. The third kappa shape index (κ3) is 5.14. The van der Waals surface area contributed by atoms with Crippen molar-refractivity contribution in [2.45, 2.75) is 59.0 Å². The van der Waals surface area contributed by atoms with Crippen LogP contribution in [-0.2, 0) is 19.0 Å². The Kier molecular flexibility index (Phi) is 6.13. The van der Waals surface area contributed by atoms with Crippen LogP contribution in [0, 0.1) is 12.8 Å². The number of hydrogen-bond acceptors (Lipinski definition) is 5. The highest BCUT2D eigenvalue weighted by atomic mass is 16.8. The van der Waals surface area contributed by atoms with Crippen LogP contribution < -0.4 is 0 Å². The molecule has 0 aromatic heterocycles. The zero-order chi connectivity index (χ0) is 17.7. The lowest BCUT2D eigenvalue weighted by molar-refractivity contribution is -0.191. The molecule has 1 aromatic rings. The maximum absolute atomic E-state index is 12.2. The summed E-state index contributed by atoms with van der Waals surface area (Å²) in [4.78, 5) is 24.0. The molecule has 5 heteroatoms. The fourth-order valence-electron chi connectivity index (χ4n) is 2.69. The van der Waals surface area contributed by atoms with E-state index in [0.29, 0.717) is 30.7 Å². The van der Waals surface area contributed by atoms with Crippen LogP contribution in [0.1, 0.15) is 56.0 Å². The van der Waals surface area contributed by atoms with Crippen LogP contribution in [0.3, 0.4) is 0 Å². The van der Waals surface area contributed by atoms with Gasteiger partial charge in [0.25, 0.3) is 0 Å². The smallest absolute Gasteiger partial charge is 0.340 e. The van der Waals surface area contributed by atoms with Crippen LogP contribution >= 0.6 is 0 Å². The molecule has 0 saturated carbocycles. The van der Waals surface area contributed by atoms with Crippen molar-refractivity contribution in [2.75, 3.05) is 6.61 Å². The first-order valence-corrected chi connectivity index (χ1v) is 8.39. The number of esters is 1. The summed E-state index contributed by atoms with van der Waals surface area (Å²) in [6.45, 7) is 7.84. The van der Waals surface area contributed by atoms with Gasteiger partial charge in [0.05, 0.1) is 5.56 Å². The molecule has 2 atom stereocenters. The number of benzene rings is 1. The third-order valence-electron chi connectivity index (χ3n) is 4.00. The summed E-state index contributed by atoms with van der Waals surface area (Å²) < 4.78 is 16.7. The zero-order valence-electron chi connectivity index (χ0n) is 14.8. The average molecular weight is 334 g/mol. The highest BCUT2D eigenvalue weighted by Crippen LogP contribution is 2.29. The standard InChI is InChI=1S/C19H26O5/c1-13(2)11-15(20)9-10-19(4)22-12-17(24-19)23-18(21)16-8-6-5-7-14(16)3/h5-8,13,17H,9-12H2,1-4H3. The molecule has 0 bridgehead atoms. The average Bonchev–Trinajstić information content (AvgIpc) is 2.87. The van der Waals surface area contributed by atoms with Crippen LogP contribution in [0.2, 0.25) is 0 Å². The maximum Gasteiger partial charge on any atom is 0.340 e. The van der Waals surface area contributed by atoms with Crippen molar-refractivity contribution in [1.82, 2.24) is 0 Å². The Morgan fingerprint density at radius 3 is 2.71 bits per heavy atom. The van der Waals surface area contributed by atoms with Crippen LogP contribution in [0.25, 0.3) is 0 Å². The first kappa shape index (κ1) is 18.6. The van der Waals surface area contributed by atoms with E-state index < -0.39 is 18.0 Å². The van der Waals surface area contributed by atoms with Crippen LogP contribution in [0.5, 0.6) is 0 Å². The summed E-state index contributed by atoms with van der Waals surface area (Å²) in [5.41, 5.74) is 1.37. The maximum atomic E-state index is 12.2. The lowest BCUT2D eigenvalue weighted by Crippen LogP contribution is -2.29. The van der Waals surface area contributed by atoms with E-state index in [2.05, 4.69) is 0 Å². The Bertz CT molecular complexity index is 595. The number of aryl methyl sites for hydroxylation is 1. The highest BCUT2D eigenvalue weighted by molar-refractivity contribution is 5.91. The number of hydrogen-bond donors (Lipinski definition) is 0. The van der Waals surface area contributed by atoms with Gasteiger partial charge in [-0.25, -0.2) is 4.79 Å². The Morgan fingerprint density at radius 2 is 2.04 bits per heavy atom. The first-order valence-electron chi connectivity index (χ1n) is 8.39. The second-order valence-corrected chi connectivity index (χ2v) is 6.85. The molecule has 0 amide bonds. The van der Waals surface area contributed by atoms with E-state index in [-0.39, 0.29) is 12.4 Å². The van der Waals surface area contributed by atoms with E-state index in [4.69, 9.17) is 14.2 Å². The van der Waals surface area contributed by atoms with Gasteiger partial charge in [0.15, 0.2) is 5.79 Å². The number of ether oxygens (including phenoxy) is 3. The van der Waals surface area contributed by atoms with Crippen molar-refractivity contribution in [3.05, 3.63) is 35.4 Å². The minimum Gasteiger partial charge on any atom is -0.429 e. The van der Waals surface area contributed by atoms with Gasteiger partial charge in [0, 0.05) is 19.3 Å². The molecule has 24 heavy (non-hydrogen) atoms. The molecule has 0 spiro atoms. The first-order chi connectivity index (χ1) is 11.3. The van der Waals surface area contributed by atoms with Crippen molar-refractivity contribution >= 4 is 11.8 Å². The largest absolute Gasteiger partial charge is 0.429 e. The molecule has 1 aromatic carbocycles. The van der Waals surface area contributed by atoms with Crippen molar-refractivity contribution in [1.29, 1.82) is 0 Å². The molecule has 1 saturated heterocycles. The summed E-state index contributed by atoms with van der Waals surface area (Å²) >= 11 is 0. The second-order valence-electron chi connectivity index (χ2n) is 6.85. The van der Waals surface area contributed by atoms with E-state index in [1.807, 2.05) is 32.9 Å². The predicted octanol–water partition coefficient (Wildman–Crippen LogP) is 3.64. The summed E-state index contributed by atoms with van der Waals surface area (Å²) in [6, 6.07) is 7.23. The zero-order valence-corrected chi connectivity index (χ0v) is 14.8. The van der Waals surface area contributed by atoms with Gasteiger partial charge in [-0.2, -0.15) is 0 Å². The van der Waals surface area contributed by atoms with Crippen LogP contribution in [0.4, 0.5) is 0 Å². The third-order valence-corrected chi connectivity index (χ3v) is 4.00. The second kappa shape index (κ2) is 7.90. The van der Waals surface area contributed by atoms with Gasteiger partial charge in [0.2, 0.25) is 6.29 Å². The molecular weight excluding hydrogens is 308 g/mol. The quantitative estimate of drug-likeness (QED) is 0.713. The molecule has 2 rings (SSSR count). The lowest BCUT2D eigenvalue weighted by Gasteiger charge is -2.22. The molecule has 5 nitrogen and oxygen atoms in total. The lowest BCUT2D eigenvalue weighted by atomic mass is 10.0. The van der Waals surface area contributed by atoms with Gasteiger partial charge in [-0.3, -0.25) is 4.79 Å². The van der Waals surface area contributed by atoms with Gasteiger partial charge >= 0.3 is 5.97 Å². The van der Waals surface area contributed by atoms with Gasteiger partial charge in [-0.05, 0) is 31.4 Å². The van der Waals surface area contributed by atoms with Crippen molar-refractivity contribution in [2.24, 2.45) is 5.92 Å². The number of ketones is 1. The highest BCUT2D eigenvalue weighted by Gasteiger charge is 2.39. The molecule has 1 aliphatic rings. The molecular formula is C19H26O5. The molecule has 1 fully saturated rings. The van der Waals surface area contributed by atoms with Crippen LogP contribution in [0.15, 0.2) is 24.3 Å². The molecule has 2 unspecified atom stereocenters. The summed E-state index contributed by atoms with van der Waals surface area (Å²) in [7, 11) is 0. The topological polar surface area (TPSA) is 61.8 Å². The van der Waals surface area contributed by atoms with Gasteiger partial charge in [-0.1, -0.05) is 32.0 Å². The minimum absolute atomic E-state index is 0.173. The van der Waals surface area contributed by atoms with Gasteiger partial charge in [0.1, 0.15) is 12.4 Å². The van der Waals surface area contributed by atoms with E-state index in [9.17, 15) is 9.59 Å². The molecule has 0 aliphatic carbocycles. The van der Waals surface area contributed by atoms with E-state index in [0.717, 1.165) is 5.56 Å². The summed E-state index contributed by atoms with van der Waals surface area (Å²) in [6.07, 6.45) is 0.661. The summed E-state index contributed by atoms with van der Waals surface area (Å²) in [5, 5.41) is 0. The Labute approximate surface area is 143 Å². The van der Waals surface area contributed by atoms with E-state index in [1.54, 1.807) is 19.1 Å². The molecule has 1 heterocycles. The molecule has 0 radical (unpaired) electrons. The number of carbonyl (C=O) groups excluding carboxylic acids is 2. The van der Waals surface area contributed by atoms with E-state index in [1.165, 1.54) is 0 Å². The summed E-state index contributed by atoms with van der Waals surface area (Å²) in [5.74, 6) is -0.775. The fourth-order valence-corrected chi connectivity index (χ4v) is 2.69. The predicted molar refractivity (Wildman–Crippen MR) is 89.5 cm³/mol. The number of Topliss-reactive ketones (excluding diaryl/α,β-unsaturated/α-hetero) is 1.